The van der Waals surface area contributed by atoms with Gasteiger partial charge in [-0.2, -0.15) is 0 Å². The predicted molar refractivity (Wildman–Crippen MR) is 101 cm³/mol. The van der Waals surface area contributed by atoms with Crippen LogP contribution >= 0.6 is 0 Å². The molecule has 6 heteroatoms. The number of urea groups is 1. The predicted octanol–water partition coefficient (Wildman–Crippen LogP) is 3.22. The maximum atomic E-state index is 11.9. The van der Waals surface area contributed by atoms with E-state index in [-0.39, 0.29) is 19.2 Å². The molecule has 136 valence electrons. The quantitative estimate of drug-likeness (QED) is 0.782. The number of hydrogen-bond acceptors (Lipinski definition) is 4. The number of carbonyl (C=O) groups excluding carboxylic acids is 1. The molecule has 0 heterocycles. The van der Waals surface area contributed by atoms with Crippen molar-refractivity contribution in [2.75, 3.05) is 32.7 Å². The lowest BCUT2D eigenvalue weighted by molar-refractivity contribution is 0.253. The van der Waals surface area contributed by atoms with Crippen molar-refractivity contribution in [3.63, 3.8) is 0 Å². The molecule has 2 N–H and O–H groups in total. The van der Waals surface area contributed by atoms with Crippen LogP contribution in [-0.2, 0) is 0 Å². The van der Waals surface area contributed by atoms with Crippen molar-refractivity contribution in [2.45, 2.75) is 6.92 Å². The molecule has 26 heavy (non-hydrogen) atoms. The molecule has 6 nitrogen and oxygen atoms in total. The molecular formula is C20H22N2O4. The Bertz CT molecular complexity index is 787. The minimum absolute atomic E-state index is 0.212. The summed E-state index contributed by atoms with van der Waals surface area (Å²) in [5.41, 5.74) is 1.62. The fourth-order valence-corrected chi connectivity index (χ4v) is 2.13. The first-order chi connectivity index (χ1) is 12.6. The highest BCUT2D eigenvalue weighted by molar-refractivity contribution is 5.89. The summed E-state index contributed by atoms with van der Waals surface area (Å²) in [5, 5.41) is 5.36. The van der Waals surface area contributed by atoms with Crippen molar-refractivity contribution < 1.29 is 19.0 Å². The first-order valence-electron chi connectivity index (χ1n) is 8.04. The van der Waals surface area contributed by atoms with E-state index in [2.05, 4.69) is 22.5 Å². The maximum Gasteiger partial charge on any atom is 0.319 e. The summed E-state index contributed by atoms with van der Waals surface area (Å²) in [5.74, 6) is 7.69. The second-order valence-corrected chi connectivity index (χ2v) is 5.32. The summed E-state index contributed by atoms with van der Waals surface area (Å²) in [6, 6.07) is 12.5. The van der Waals surface area contributed by atoms with Crippen LogP contribution in [0.15, 0.2) is 42.5 Å². The van der Waals surface area contributed by atoms with Crippen LogP contribution in [0, 0.1) is 18.8 Å². The number of benzene rings is 2. The van der Waals surface area contributed by atoms with E-state index >= 15 is 0 Å². The lowest BCUT2D eigenvalue weighted by atomic mass is 10.2. The molecule has 2 aromatic carbocycles. The average Bonchev–Trinajstić information content (AvgIpc) is 2.65. The number of anilines is 1. The number of hydrogen-bond donors (Lipinski definition) is 2. The summed E-state index contributed by atoms with van der Waals surface area (Å²) in [7, 11) is 3.10. The SMILES string of the molecule is COc1cc(NC(=O)NCC#CCOc2ccccc2C)cc(OC)c1. The van der Waals surface area contributed by atoms with Crippen molar-refractivity contribution in [1.29, 1.82) is 0 Å². The summed E-state index contributed by atoms with van der Waals surface area (Å²) in [6.45, 7) is 2.45. The van der Waals surface area contributed by atoms with E-state index in [1.807, 2.05) is 31.2 Å². The van der Waals surface area contributed by atoms with Crippen molar-refractivity contribution in [1.82, 2.24) is 5.32 Å². The fourth-order valence-electron chi connectivity index (χ4n) is 2.13. The molecular weight excluding hydrogens is 332 g/mol. The number of ether oxygens (including phenoxy) is 3. The van der Waals surface area contributed by atoms with Gasteiger partial charge in [-0.05, 0) is 18.6 Å². The average molecular weight is 354 g/mol. The molecule has 0 aromatic heterocycles. The molecule has 0 saturated heterocycles. The van der Waals surface area contributed by atoms with E-state index in [0.29, 0.717) is 17.2 Å². The Morgan fingerprint density at radius 3 is 2.38 bits per heavy atom. The minimum atomic E-state index is -0.366. The van der Waals surface area contributed by atoms with Gasteiger partial charge in [0.25, 0.3) is 0 Å². The Hall–Kier alpha value is -3.33. The first-order valence-corrected chi connectivity index (χ1v) is 8.04. The Labute approximate surface area is 153 Å². The normalized spacial score (nSPS) is 9.50. The molecule has 0 aliphatic rings. The zero-order chi connectivity index (χ0) is 18.8. The second kappa shape index (κ2) is 9.84. The largest absolute Gasteiger partial charge is 0.497 e. The van der Waals surface area contributed by atoms with Crippen molar-refractivity contribution >= 4 is 11.7 Å². The van der Waals surface area contributed by atoms with Gasteiger partial charge < -0.3 is 24.8 Å². The zero-order valence-corrected chi connectivity index (χ0v) is 15.1. The van der Waals surface area contributed by atoms with Gasteiger partial charge in [-0.3, -0.25) is 0 Å². The van der Waals surface area contributed by atoms with Crippen LogP contribution in [-0.4, -0.2) is 33.4 Å². The lowest BCUT2D eigenvalue weighted by Gasteiger charge is -2.09. The number of para-hydroxylation sites is 1. The second-order valence-electron chi connectivity index (χ2n) is 5.32. The van der Waals surface area contributed by atoms with Gasteiger partial charge in [0.15, 0.2) is 0 Å². The molecule has 0 aliphatic heterocycles. The smallest absolute Gasteiger partial charge is 0.319 e. The van der Waals surface area contributed by atoms with Crippen molar-refractivity contribution in [2.24, 2.45) is 0 Å². The first kappa shape index (κ1) is 19.0. The molecule has 0 spiro atoms. The van der Waals surface area contributed by atoms with Gasteiger partial charge >= 0.3 is 6.03 Å². The number of nitrogens with one attached hydrogen (secondary N) is 2. The zero-order valence-electron chi connectivity index (χ0n) is 15.1. The van der Waals surface area contributed by atoms with E-state index in [0.717, 1.165) is 11.3 Å². The summed E-state index contributed by atoms with van der Waals surface area (Å²) in [4.78, 5) is 11.9. The van der Waals surface area contributed by atoms with Crippen molar-refractivity contribution in [3.05, 3.63) is 48.0 Å². The van der Waals surface area contributed by atoms with E-state index in [1.165, 1.54) is 0 Å². The summed E-state index contributed by atoms with van der Waals surface area (Å²) < 4.78 is 15.9. The van der Waals surface area contributed by atoms with Gasteiger partial charge in [-0.25, -0.2) is 4.79 Å². The number of carbonyl (C=O) groups is 1. The number of aryl methyl sites for hydroxylation is 1. The number of rotatable bonds is 6. The molecule has 0 aliphatic carbocycles. The molecule has 2 rings (SSSR count). The number of amides is 2. The Balaban J connectivity index is 1.77. The van der Waals surface area contributed by atoms with Crippen LogP contribution in [0.2, 0.25) is 0 Å². The third kappa shape index (κ3) is 5.95. The Morgan fingerprint density at radius 2 is 1.73 bits per heavy atom. The Kier molecular flexibility index (Phi) is 7.19. The third-order valence-electron chi connectivity index (χ3n) is 3.47. The van der Waals surface area contributed by atoms with Crippen LogP contribution in [0.4, 0.5) is 10.5 Å². The lowest BCUT2D eigenvalue weighted by Crippen LogP contribution is -2.29. The molecule has 0 saturated carbocycles. The van der Waals surface area contributed by atoms with Gasteiger partial charge in [0.2, 0.25) is 0 Å². The standard InChI is InChI=1S/C20H22N2O4/c1-15-8-4-5-9-19(15)26-11-7-6-10-21-20(23)22-16-12-17(24-2)14-18(13-16)25-3/h4-5,8-9,12-14H,10-11H2,1-3H3,(H2,21,22,23). The van der Waals surface area contributed by atoms with E-state index in [4.69, 9.17) is 14.2 Å². The molecule has 0 bridgehead atoms. The maximum absolute atomic E-state index is 11.9. The number of methoxy groups -OCH3 is 2. The van der Waals surface area contributed by atoms with Crippen molar-refractivity contribution in [3.8, 4) is 29.1 Å². The molecule has 0 fully saturated rings. The molecule has 0 unspecified atom stereocenters. The minimum Gasteiger partial charge on any atom is -0.497 e. The molecule has 2 aromatic rings. The summed E-state index contributed by atoms with van der Waals surface area (Å²) >= 11 is 0. The molecule has 0 atom stereocenters. The van der Waals surface area contributed by atoms with Gasteiger partial charge in [-0.1, -0.05) is 30.0 Å². The monoisotopic (exact) mass is 354 g/mol. The third-order valence-corrected chi connectivity index (χ3v) is 3.47. The van der Waals surface area contributed by atoms with Crippen LogP contribution in [0.5, 0.6) is 17.2 Å². The molecule has 0 radical (unpaired) electrons. The van der Waals surface area contributed by atoms with Gasteiger partial charge in [-0.15, -0.1) is 0 Å². The molecule has 2 amide bonds. The van der Waals surface area contributed by atoms with E-state index in [9.17, 15) is 4.79 Å². The van der Waals surface area contributed by atoms with Gasteiger partial charge in [0.1, 0.15) is 23.9 Å². The van der Waals surface area contributed by atoms with Crippen LogP contribution in [0.3, 0.4) is 0 Å². The van der Waals surface area contributed by atoms with Crippen LogP contribution in [0.25, 0.3) is 0 Å². The topological polar surface area (TPSA) is 68.8 Å². The highest BCUT2D eigenvalue weighted by atomic mass is 16.5. The highest BCUT2D eigenvalue weighted by Gasteiger charge is 2.05. The summed E-state index contributed by atoms with van der Waals surface area (Å²) in [6.07, 6.45) is 0. The van der Waals surface area contributed by atoms with E-state index < -0.39 is 0 Å². The van der Waals surface area contributed by atoms with Crippen LogP contribution < -0.4 is 24.8 Å². The van der Waals surface area contributed by atoms with Crippen LogP contribution in [0.1, 0.15) is 5.56 Å². The fraction of sp³-hybridized carbons (Fsp3) is 0.250. The Morgan fingerprint density at radius 1 is 1.04 bits per heavy atom. The highest BCUT2D eigenvalue weighted by Crippen LogP contribution is 2.25. The van der Waals surface area contributed by atoms with E-state index in [1.54, 1.807) is 32.4 Å². The van der Waals surface area contributed by atoms with Gasteiger partial charge in [0, 0.05) is 23.9 Å². The van der Waals surface area contributed by atoms with Gasteiger partial charge in [0.05, 0.1) is 20.8 Å².